The lowest BCUT2D eigenvalue weighted by molar-refractivity contribution is -0.134. The van der Waals surface area contributed by atoms with E-state index in [0.29, 0.717) is 18.8 Å². The van der Waals surface area contributed by atoms with Gasteiger partial charge in [0.2, 0.25) is 21.8 Å². The number of halogens is 1. The molecule has 0 radical (unpaired) electrons. The minimum Gasteiger partial charge on any atom is -0.336 e. The Morgan fingerprint density at radius 2 is 1.85 bits per heavy atom. The minimum atomic E-state index is -3.79. The lowest BCUT2D eigenvalue weighted by Gasteiger charge is -2.39. The van der Waals surface area contributed by atoms with Crippen molar-refractivity contribution in [2.24, 2.45) is 0 Å². The zero-order chi connectivity index (χ0) is 19.5. The number of piperazine rings is 1. The van der Waals surface area contributed by atoms with E-state index in [4.69, 9.17) is 0 Å². The monoisotopic (exact) mass is 418 g/mol. The lowest BCUT2D eigenvalue weighted by atomic mass is 10.1. The lowest BCUT2D eigenvalue weighted by Crippen LogP contribution is -2.58. The topological polar surface area (TPSA) is 98.8 Å². The van der Waals surface area contributed by atoms with Crippen LogP contribution in [-0.4, -0.2) is 68.2 Å². The first-order valence-corrected chi connectivity index (χ1v) is 9.94. The van der Waals surface area contributed by atoms with Gasteiger partial charge in [-0.15, -0.1) is 12.4 Å². The molecule has 2 atom stereocenters. The van der Waals surface area contributed by atoms with E-state index in [-0.39, 0.29) is 47.7 Å². The summed E-state index contributed by atoms with van der Waals surface area (Å²) in [5, 5.41) is 5.87. The van der Waals surface area contributed by atoms with Crippen LogP contribution in [0.4, 0.5) is 5.69 Å². The molecule has 1 aliphatic rings. The van der Waals surface area contributed by atoms with Gasteiger partial charge in [-0.25, -0.2) is 8.42 Å². The Morgan fingerprint density at radius 1 is 1.26 bits per heavy atom. The van der Waals surface area contributed by atoms with E-state index >= 15 is 0 Å². The van der Waals surface area contributed by atoms with Gasteiger partial charge >= 0.3 is 0 Å². The van der Waals surface area contributed by atoms with Crippen LogP contribution in [0, 0.1) is 0 Å². The molecule has 0 saturated carbocycles. The molecular weight excluding hydrogens is 392 g/mol. The Morgan fingerprint density at radius 3 is 2.41 bits per heavy atom. The van der Waals surface area contributed by atoms with Crippen molar-refractivity contribution in [3.05, 3.63) is 24.3 Å². The van der Waals surface area contributed by atoms with E-state index in [0.717, 1.165) is 4.31 Å². The van der Waals surface area contributed by atoms with Crippen molar-refractivity contribution >= 4 is 39.9 Å². The highest BCUT2D eigenvalue weighted by Crippen LogP contribution is 2.18. The normalized spacial score (nSPS) is 20.1. The predicted molar refractivity (Wildman–Crippen MR) is 106 cm³/mol. The van der Waals surface area contributed by atoms with Crippen molar-refractivity contribution in [2.75, 3.05) is 32.0 Å². The number of anilines is 1. The van der Waals surface area contributed by atoms with E-state index in [1.54, 1.807) is 4.90 Å². The number of benzene rings is 1. The highest BCUT2D eigenvalue weighted by Gasteiger charge is 2.31. The molecule has 2 N–H and O–H groups in total. The van der Waals surface area contributed by atoms with Crippen LogP contribution in [0.3, 0.4) is 0 Å². The van der Waals surface area contributed by atoms with Gasteiger partial charge in [-0.1, -0.05) is 0 Å². The number of rotatable bonds is 5. The largest absolute Gasteiger partial charge is 0.336 e. The average Bonchev–Trinajstić information content (AvgIpc) is 2.57. The van der Waals surface area contributed by atoms with Crippen LogP contribution in [-0.2, 0) is 19.6 Å². The van der Waals surface area contributed by atoms with Crippen LogP contribution in [0.15, 0.2) is 29.2 Å². The fourth-order valence-corrected chi connectivity index (χ4v) is 3.99. The molecule has 152 valence electrons. The summed E-state index contributed by atoms with van der Waals surface area (Å²) in [7, 11) is -2.40. The number of hydrogen-bond donors (Lipinski definition) is 2. The van der Waals surface area contributed by atoms with Crippen molar-refractivity contribution in [3.63, 3.8) is 0 Å². The van der Waals surface area contributed by atoms with Crippen molar-refractivity contribution in [3.8, 4) is 0 Å². The third-order valence-electron chi connectivity index (χ3n) is 4.60. The van der Waals surface area contributed by atoms with Gasteiger partial charge in [0.1, 0.15) is 0 Å². The molecule has 1 aromatic carbocycles. The average molecular weight is 419 g/mol. The molecule has 0 aromatic heterocycles. The van der Waals surface area contributed by atoms with Crippen LogP contribution in [0.2, 0.25) is 0 Å². The maximum Gasteiger partial charge on any atom is 0.243 e. The number of amides is 2. The number of carbonyl (C=O) groups is 2. The summed E-state index contributed by atoms with van der Waals surface area (Å²) in [6.07, 6.45) is 0. The summed E-state index contributed by atoms with van der Waals surface area (Å²) in [4.78, 5) is 25.4. The molecule has 0 bridgehead atoms. The number of hydrogen-bond acceptors (Lipinski definition) is 5. The highest BCUT2D eigenvalue weighted by molar-refractivity contribution is 7.89. The molecule has 1 fully saturated rings. The molecule has 10 heteroatoms. The minimum absolute atomic E-state index is 0. The fourth-order valence-electron chi connectivity index (χ4n) is 2.87. The second-order valence-electron chi connectivity index (χ2n) is 6.54. The summed E-state index contributed by atoms with van der Waals surface area (Å²) in [6.45, 7) is 6.36. The predicted octanol–water partition coefficient (Wildman–Crippen LogP) is 0.896. The van der Waals surface area contributed by atoms with Crippen LogP contribution in [0.5, 0.6) is 0 Å². The molecule has 0 spiro atoms. The Labute approximate surface area is 166 Å². The SMILES string of the molecule is CC(=O)Nc1ccc(S(=O)(=O)N(C)CC(=O)N2CCNC(C)C2C)cc1.Cl. The Bertz CT molecular complexity index is 770. The zero-order valence-corrected chi connectivity index (χ0v) is 17.6. The second-order valence-corrected chi connectivity index (χ2v) is 8.58. The second kappa shape index (κ2) is 9.50. The van der Waals surface area contributed by atoms with Gasteiger partial charge in [-0.05, 0) is 38.1 Å². The summed E-state index contributed by atoms with van der Waals surface area (Å²) >= 11 is 0. The molecular formula is C17H27ClN4O4S. The van der Waals surface area contributed by atoms with Crippen molar-refractivity contribution in [1.82, 2.24) is 14.5 Å². The Kier molecular flexibility index (Phi) is 8.22. The van der Waals surface area contributed by atoms with E-state index in [1.807, 2.05) is 13.8 Å². The molecule has 1 heterocycles. The standard InChI is InChI=1S/C17H26N4O4S.ClH/c1-12-13(2)21(10-9-18-12)17(23)11-20(4)26(24,25)16-7-5-15(6-8-16)19-14(3)22;/h5-8,12-13,18H,9-11H2,1-4H3,(H,19,22);1H. The number of carbonyl (C=O) groups excluding carboxylic acids is 2. The molecule has 2 unspecified atom stereocenters. The number of likely N-dealkylation sites (N-methyl/N-ethyl adjacent to an activating group) is 1. The first kappa shape index (κ1) is 23.4. The van der Waals surface area contributed by atoms with Crippen LogP contribution in [0.1, 0.15) is 20.8 Å². The quantitative estimate of drug-likeness (QED) is 0.740. The van der Waals surface area contributed by atoms with Crippen molar-refractivity contribution < 1.29 is 18.0 Å². The zero-order valence-electron chi connectivity index (χ0n) is 15.9. The molecule has 1 saturated heterocycles. The molecule has 27 heavy (non-hydrogen) atoms. The maximum atomic E-state index is 12.7. The smallest absolute Gasteiger partial charge is 0.243 e. The Hall–Kier alpha value is -1.68. The van der Waals surface area contributed by atoms with Crippen molar-refractivity contribution in [1.29, 1.82) is 0 Å². The molecule has 1 aliphatic heterocycles. The molecule has 8 nitrogen and oxygen atoms in total. The van der Waals surface area contributed by atoms with Gasteiger partial charge < -0.3 is 15.5 Å². The first-order valence-electron chi connectivity index (χ1n) is 8.49. The number of nitrogens with one attached hydrogen (secondary N) is 2. The number of sulfonamides is 1. The summed E-state index contributed by atoms with van der Waals surface area (Å²) in [6, 6.07) is 6.03. The van der Waals surface area contributed by atoms with Gasteiger partial charge in [0.25, 0.3) is 0 Å². The van der Waals surface area contributed by atoms with Gasteiger partial charge in [0.05, 0.1) is 11.4 Å². The van der Waals surface area contributed by atoms with E-state index in [2.05, 4.69) is 10.6 Å². The highest BCUT2D eigenvalue weighted by atomic mass is 35.5. The van der Waals surface area contributed by atoms with Crippen LogP contribution >= 0.6 is 12.4 Å². The van der Waals surface area contributed by atoms with E-state index in [1.165, 1.54) is 38.2 Å². The molecule has 2 rings (SSSR count). The fraction of sp³-hybridized carbons (Fsp3) is 0.529. The molecule has 2 amide bonds. The van der Waals surface area contributed by atoms with E-state index in [9.17, 15) is 18.0 Å². The van der Waals surface area contributed by atoms with Gasteiger partial charge in [-0.2, -0.15) is 4.31 Å². The van der Waals surface area contributed by atoms with Gasteiger partial charge in [0.15, 0.2) is 0 Å². The van der Waals surface area contributed by atoms with Gasteiger partial charge in [0, 0.05) is 44.8 Å². The van der Waals surface area contributed by atoms with Gasteiger partial charge in [-0.3, -0.25) is 9.59 Å². The third kappa shape index (κ3) is 5.65. The first-order chi connectivity index (χ1) is 12.1. The third-order valence-corrected chi connectivity index (χ3v) is 6.41. The molecule has 1 aromatic rings. The molecule has 0 aliphatic carbocycles. The maximum absolute atomic E-state index is 12.7. The summed E-state index contributed by atoms with van der Waals surface area (Å²) in [5.41, 5.74) is 0.513. The number of nitrogens with zero attached hydrogens (tertiary/aromatic N) is 2. The Balaban J connectivity index is 0.00000364. The van der Waals surface area contributed by atoms with Crippen LogP contribution in [0.25, 0.3) is 0 Å². The summed E-state index contributed by atoms with van der Waals surface area (Å²) in [5.74, 6) is -0.450. The van der Waals surface area contributed by atoms with E-state index < -0.39 is 10.0 Å². The summed E-state index contributed by atoms with van der Waals surface area (Å²) < 4.78 is 26.4. The van der Waals surface area contributed by atoms with Crippen molar-refractivity contribution in [2.45, 2.75) is 37.8 Å². The van der Waals surface area contributed by atoms with Crippen LogP contribution < -0.4 is 10.6 Å².